The zero-order chi connectivity index (χ0) is 17.5. The molecule has 3 rings (SSSR count). The van der Waals surface area contributed by atoms with Gasteiger partial charge in [-0.1, -0.05) is 30.3 Å². The van der Waals surface area contributed by atoms with E-state index in [9.17, 15) is 4.79 Å². The lowest BCUT2D eigenvalue weighted by atomic mass is 9.98. The minimum atomic E-state index is -0.680. The smallest absolute Gasteiger partial charge is 0.307 e. The Bertz CT molecular complexity index is 715. The van der Waals surface area contributed by atoms with Gasteiger partial charge in [0.2, 0.25) is 0 Å². The number of hydrogen-bond acceptors (Lipinski definition) is 5. The van der Waals surface area contributed by atoms with Gasteiger partial charge in [0.15, 0.2) is 0 Å². The van der Waals surface area contributed by atoms with Crippen molar-refractivity contribution in [2.45, 2.75) is 12.8 Å². The average Bonchev–Trinajstić information content (AvgIpc) is 3.16. The number of aliphatic carboxylic acids is 1. The van der Waals surface area contributed by atoms with Gasteiger partial charge >= 0.3 is 5.97 Å². The van der Waals surface area contributed by atoms with Crippen LogP contribution in [0.15, 0.2) is 46.9 Å². The molecule has 132 valence electrons. The van der Waals surface area contributed by atoms with Gasteiger partial charge in [-0.2, -0.15) is 5.10 Å². The van der Waals surface area contributed by atoms with Crippen LogP contribution in [0.25, 0.3) is 10.4 Å². The highest BCUT2D eigenvalue weighted by molar-refractivity contribution is 7.13. The highest BCUT2D eigenvalue weighted by Crippen LogP contribution is 2.26. The van der Waals surface area contributed by atoms with E-state index in [2.05, 4.69) is 45.1 Å². The summed E-state index contributed by atoms with van der Waals surface area (Å²) in [6.45, 7) is 3.13. The fourth-order valence-corrected chi connectivity index (χ4v) is 3.89. The summed E-state index contributed by atoms with van der Waals surface area (Å²) in [5, 5.41) is 15.5. The summed E-state index contributed by atoms with van der Waals surface area (Å²) >= 11 is 1.72. The zero-order valence-corrected chi connectivity index (χ0v) is 14.9. The standard InChI is InChI=1S/C19H23N3O2S/c23-19(24)16-6-3-10-22(14-16)11-9-20-21-13-15-5-1-2-7-17(15)18-8-4-12-25-18/h1-2,4-5,7-8,12-13,16,20H,3,6,9-11,14H2,(H,23,24)/b21-13+. The van der Waals surface area contributed by atoms with Crippen molar-refractivity contribution < 1.29 is 9.90 Å². The van der Waals surface area contributed by atoms with Crippen molar-refractivity contribution in [2.24, 2.45) is 11.0 Å². The number of likely N-dealkylation sites (tertiary alicyclic amines) is 1. The third-order valence-corrected chi connectivity index (χ3v) is 5.34. The van der Waals surface area contributed by atoms with Crippen molar-refractivity contribution in [3.63, 3.8) is 0 Å². The monoisotopic (exact) mass is 357 g/mol. The first-order chi connectivity index (χ1) is 12.2. The molecule has 2 N–H and O–H groups in total. The van der Waals surface area contributed by atoms with Crippen LogP contribution in [0.1, 0.15) is 18.4 Å². The number of carbonyl (C=O) groups is 1. The van der Waals surface area contributed by atoms with Crippen LogP contribution in [0.2, 0.25) is 0 Å². The van der Waals surface area contributed by atoms with Crippen LogP contribution in [-0.4, -0.2) is 48.4 Å². The summed E-state index contributed by atoms with van der Waals surface area (Å²) < 4.78 is 0. The number of nitrogens with one attached hydrogen (secondary N) is 1. The second kappa shape index (κ2) is 8.78. The molecule has 6 heteroatoms. The molecule has 1 aliphatic rings. The fourth-order valence-electron chi connectivity index (χ4n) is 3.11. The van der Waals surface area contributed by atoms with E-state index in [4.69, 9.17) is 5.11 Å². The number of nitrogens with zero attached hydrogens (tertiary/aromatic N) is 2. The first kappa shape index (κ1) is 17.6. The van der Waals surface area contributed by atoms with Crippen LogP contribution in [0.3, 0.4) is 0 Å². The second-order valence-corrected chi connectivity index (χ2v) is 7.16. The maximum absolute atomic E-state index is 11.1. The van der Waals surface area contributed by atoms with E-state index < -0.39 is 5.97 Å². The zero-order valence-electron chi connectivity index (χ0n) is 14.1. The molecule has 1 unspecified atom stereocenters. The lowest BCUT2D eigenvalue weighted by Crippen LogP contribution is -2.41. The molecular weight excluding hydrogens is 334 g/mol. The van der Waals surface area contributed by atoms with Crippen LogP contribution < -0.4 is 5.43 Å². The third-order valence-electron chi connectivity index (χ3n) is 4.44. The van der Waals surface area contributed by atoms with Crippen LogP contribution in [0.5, 0.6) is 0 Å². The molecule has 1 fully saturated rings. The number of hydrogen-bond donors (Lipinski definition) is 2. The number of piperidine rings is 1. The first-order valence-corrected chi connectivity index (χ1v) is 9.46. The Hall–Kier alpha value is -2.18. The van der Waals surface area contributed by atoms with Gasteiger partial charge in [0, 0.05) is 35.6 Å². The molecular formula is C19H23N3O2S. The number of thiophene rings is 1. The van der Waals surface area contributed by atoms with Gasteiger partial charge in [-0.15, -0.1) is 11.3 Å². The molecule has 5 nitrogen and oxygen atoms in total. The molecule has 1 saturated heterocycles. The molecule has 1 aromatic carbocycles. The van der Waals surface area contributed by atoms with E-state index in [1.54, 1.807) is 11.3 Å². The van der Waals surface area contributed by atoms with Crippen molar-refractivity contribution in [3.8, 4) is 10.4 Å². The normalized spacial score (nSPS) is 18.5. The van der Waals surface area contributed by atoms with Crippen molar-refractivity contribution in [3.05, 3.63) is 47.3 Å². The molecule has 1 aromatic heterocycles. The Balaban J connectivity index is 1.49. The fraction of sp³-hybridized carbons (Fsp3) is 0.368. The summed E-state index contributed by atoms with van der Waals surface area (Å²) in [5.74, 6) is -0.907. The molecule has 0 bridgehead atoms. The van der Waals surface area contributed by atoms with E-state index in [1.807, 2.05) is 18.3 Å². The summed E-state index contributed by atoms with van der Waals surface area (Å²) in [5.41, 5.74) is 5.35. The molecule has 0 radical (unpaired) electrons. The van der Waals surface area contributed by atoms with Crippen LogP contribution in [0, 0.1) is 5.92 Å². The summed E-state index contributed by atoms with van der Waals surface area (Å²) in [7, 11) is 0. The molecule has 0 amide bonds. The van der Waals surface area contributed by atoms with E-state index >= 15 is 0 Å². The van der Waals surface area contributed by atoms with Crippen LogP contribution in [0.4, 0.5) is 0 Å². The predicted molar refractivity (Wildman–Crippen MR) is 102 cm³/mol. The van der Waals surface area contributed by atoms with E-state index in [-0.39, 0.29) is 5.92 Å². The Morgan fingerprint density at radius 3 is 3.04 bits per heavy atom. The highest BCUT2D eigenvalue weighted by Gasteiger charge is 2.24. The third kappa shape index (κ3) is 4.90. The number of rotatable bonds is 7. The predicted octanol–water partition coefficient (Wildman–Crippen LogP) is 3.14. The molecule has 0 aliphatic carbocycles. The van der Waals surface area contributed by atoms with Crippen molar-refractivity contribution in [1.29, 1.82) is 0 Å². The summed E-state index contributed by atoms with van der Waals surface area (Å²) in [6, 6.07) is 12.4. The molecule has 1 aliphatic heterocycles. The maximum atomic E-state index is 11.1. The Kier molecular flexibility index (Phi) is 6.19. The van der Waals surface area contributed by atoms with Crippen LogP contribution >= 0.6 is 11.3 Å². The number of benzene rings is 1. The van der Waals surface area contributed by atoms with Gasteiger partial charge in [-0.05, 0) is 30.8 Å². The van der Waals surface area contributed by atoms with Crippen molar-refractivity contribution >= 4 is 23.5 Å². The van der Waals surface area contributed by atoms with E-state index in [1.165, 1.54) is 10.4 Å². The van der Waals surface area contributed by atoms with Crippen LogP contribution in [-0.2, 0) is 4.79 Å². The molecule has 1 atom stereocenters. The number of carboxylic acid groups (broad SMARTS) is 1. The first-order valence-electron chi connectivity index (χ1n) is 8.58. The van der Waals surface area contributed by atoms with E-state index in [0.29, 0.717) is 13.1 Å². The Labute approximate surface area is 152 Å². The minimum absolute atomic E-state index is 0.227. The Morgan fingerprint density at radius 1 is 1.36 bits per heavy atom. The SMILES string of the molecule is O=C(O)C1CCCN(CCN/N=C/c2ccccc2-c2cccs2)C1. The quantitative estimate of drug-likeness (QED) is 0.454. The average molecular weight is 357 g/mol. The maximum Gasteiger partial charge on any atom is 0.307 e. The summed E-state index contributed by atoms with van der Waals surface area (Å²) in [4.78, 5) is 14.5. The van der Waals surface area contributed by atoms with Gasteiger partial charge in [0.25, 0.3) is 0 Å². The molecule has 25 heavy (non-hydrogen) atoms. The largest absolute Gasteiger partial charge is 0.481 e. The van der Waals surface area contributed by atoms with Gasteiger partial charge in [-0.3, -0.25) is 4.79 Å². The highest BCUT2D eigenvalue weighted by atomic mass is 32.1. The van der Waals surface area contributed by atoms with Gasteiger partial charge in [0.05, 0.1) is 12.1 Å². The molecule has 2 heterocycles. The van der Waals surface area contributed by atoms with Gasteiger partial charge < -0.3 is 15.4 Å². The topological polar surface area (TPSA) is 64.9 Å². The molecule has 0 spiro atoms. The van der Waals surface area contributed by atoms with Gasteiger partial charge in [0.1, 0.15) is 0 Å². The Morgan fingerprint density at radius 2 is 2.24 bits per heavy atom. The molecule has 2 aromatic rings. The second-order valence-electron chi connectivity index (χ2n) is 6.21. The van der Waals surface area contributed by atoms with E-state index in [0.717, 1.165) is 31.5 Å². The lowest BCUT2D eigenvalue weighted by molar-refractivity contribution is -0.143. The summed E-state index contributed by atoms with van der Waals surface area (Å²) in [6.07, 6.45) is 3.59. The minimum Gasteiger partial charge on any atom is -0.481 e. The molecule has 0 saturated carbocycles. The number of hydrazone groups is 1. The number of carboxylic acids is 1. The van der Waals surface area contributed by atoms with Crippen molar-refractivity contribution in [2.75, 3.05) is 26.2 Å². The lowest BCUT2D eigenvalue weighted by Gasteiger charge is -2.30. The van der Waals surface area contributed by atoms with Gasteiger partial charge in [-0.25, -0.2) is 0 Å². The van der Waals surface area contributed by atoms with Crippen molar-refractivity contribution in [1.82, 2.24) is 10.3 Å².